The van der Waals surface area contributed by atoms with Crippen LogP contribution in [0.3, 0.4) is 0 Å². The molecule has 0 saturated carbocycles. The summed E-state index contributed by atoms with van der Waals surface area (Å²) < 4.78 is 1.83. The van der Waals surface area contributed by atoms with Crippen molar-refractivity contribution in [3.8, 4) is 11.8 Å². The van der Waals surface area contributed by atoms with Crippen LogP contribution in [0.2, 0.25) is 0 Å². The lowest BCUT2D eigenvalue weighted by Gasteiger charge is -1.99. The van der Waals surface area contributed by atoms with Crippen molar-refractivity contribution in [3.05, 3.63) is 60.3 Å². The van der Waals surface area contributed by atoms with Crippen LogP contribution in [0.15, 0.2) is 54.7 Å². The number of hydrogen-bond donors (Lipinski definition) is 0. The Labute approximate surface area is 98.5 Å². The summed E-state index contributed by atoms with van der Waals surface area (Å²) in [6.45, 7) is 0. The average molecular weight is 219 g/mol. The van der Waals surface area contributed by atoms with Crippen LogP contribution in [0.1, 0.15) is 5.56 Å². The summed E-state index contributed by atoms with van der Waals surface area (Å²) in [6, 6.07) is 17.5. The van der Waals surface area contributed by atoms with Crippen molar-refractivity contribution in [2.45, 2.75) is 0 Å². The van der Waals surface area contributed by atoms with Gasteiger partial charge in [0, 0.05) is 11.6 Å². The van der Waals surface area contributed by atoms with Crippen LogP contribution in [-0.4, -0.2) is 9.78 Å². The Morgan fingerprint density at radius 1 is 1.00 bits per heavy atom. The summed E-state index contributed by atoms with van der Waals surface area (Å²) in [7, 11) is 0. The number of benzene rings is 2. The maximum Gasteiger partial charge on any atom is 0.0991 e. The molecule has 0 N–H and O–H groups in total. The molecular weight excluding hydrogens is 210 g/mol. The van der Waals surface area contributed by atoms with Gasteiger partial charge in [0.05, 0.1) is 22.8 Å². The predicted octanol–water partition coefficient (Wildman–Crippen LogP) is 2.90. The number of nitrogens with zero attached hydrogens (tertiary/aromatic N) is 3. The standard InChI is InChI=1S/C14H9N3/c15-9-11-5-7-13(8-6-11)17-10-12-3-1-2-4-14(12)16-17/h1-8,10H. The van der Waals surface area contributed by atoms with E-state index in [0.717, 1.165) is 16.6 Å². The van der Waals surface area contributed by atoms with Crippen molar-refractivity contribution >= 4 is 10.9 Å². The van der Waals surface area contributed by atoms with E-state index >= 15 is 0 Å². The summed E-state index contributed by atoms with van der Waals surface area (Å²) in [5.41, 5.74) is 2.59. The molecule has 0 atom stereocenters. The maximum atomic E-state index is 8.74. The van der Waals surface area contributed by atoms with Gasteiger partial charge in [-0.15, -0.1) is 0 Å². The minimum absolute atomic E-state index is 0.658. The van der Waals surface area contributed by atoms with Gasteiger partial charge in [-0.25, -0.2) is 4.68 Å². The third-order valence-electron chi connectivity index (χ3n) is 2.67. The van der Waals surface area contributed by atoms with Crippen molar-refractivity contribution in [3.63, 3.8) is 0 Å². The second-order valence-electron chi connectivity index (χ2n) is 3.79. The highest BCUT2D eigenvalue weighted by Gasteiger charge is 2.01. The molecule has 0 aliphatic carbocycles. The normalized spacial score (nSPS) is 10.3. The van der Waals surface area contributed by atoms with Crippen molar-refractivity contribution < 1.29 is 0 Å². The number of nitriles is 1. The number of fused-ring (bicyclic) bond motifs is 1. The second kappa shape index (κ2) is 3.76. The Kier molecular flexibility index (Phi) is 2.13. The molecule has 1 heterocycles. The van der Waals surface area contributed by atoms with Crippen molar-refractivity contribution in [2.75, 3.05) is 0 Å². The van der Waals surface area contributed by atoms with Crippen LogP contribution in [0.4, 0.5) is 0 Å². The Bertz CT molecular complexity index is 669. The Morgan fingerprint density at radius 3 is 2.47 bits per heavy atom. The van der Waals surface area contributed by atoms with Crippen molar-refractivity contribution in [1.82, 2.24) is 9.78 Å². The lowest BCUT2D eigenvalue weighted by atomic mass is 10.2. The van der Waals surface area contributed by atoms with Crippen molar-refractivity contribution in [2.24, 2.45) is 0 Å². The first-order valence-electron chi connectivity index (χ1n) is 5.32. The average Bonchev–Trinajstić information content (AvgIpc) is 2.82. The zero-order valence-corrected chi connectivity index (χ0v) is 9.04. The molecule has 0 saturated heterocycles. The zero-order chi connectivity index (χ0) is 11.7. The fourth-order valence-electron chi connectivity index (χ4n) is 1.79. The van der Waals surface area contributed by atoms with Gasteiger partial charge < -0.3 is 0 Å². The maximum absolute atomic E-state index is 8.74. The molecule has 17 heavy (non-hydrogen) atoms. The fourth-order valence-corrected chi connectivity index (χ4v) is 1.79. The van der Waals surface area contributed by atoms with E-state index in [1.807, 2.05) is 47.3 Å². The highest BCUT2D eigenvalue weighted by atomic mass is 15.3. The molecule has 0 bridgehead atoms. The number of aromatic nitrogens is 2. The van der Waals surface area contributed by atoms with E-state index in [1.165, 1.54) is 0 Å². The topological polar surface area (TPSA) is 41.6 Å². The van der Waals surface area contributed by atoms with Gasteiger partial charge in [0.25, 0.3) is 0 Å². The number of rotatable bonds is 1. The van der Waals surface area contributed by atoms with Crippen LogP contribution in [0, 0.1) is 11.3 Å². The zero-order valence-electron chi connectivity index (χ0n) is 9.04. The molecule has 80 valence electrons. The summed E-state index contributed by atoms with van der Waals surface area (Å²) in [5.74, 6) is 0. The van der Waals surface area contributed by atoms with Gasteiger partial charge in [-0.2, -0.15) is 10.4 Å². The quantitative estimate of drug-likeness (QED) is 0.631. The van der Waals surface area contributed by atoms with E-state index in [9.17, 15) is 0 Å². The lowest BCUT2D eigenvalue weighted by molar-refractivity contribution is 0.896. The molecule has 0 aliphatic heterocycles. The third kappa shape index (κ3) is 1.66. The van der Waals surface area contributed by atoms with Crippen LogP contribution in [0.5, 0.6) is 0 Å². The molecule has 0 amide bonds. The van der Waals surface area contributed by atoms with E-state index in [0.29, 0.717) is 5.56 Å². The highest BCUT2D eigenvalue weighted by molar-refractivity contribution is 5.78. The van der Waals surface area contributed by atoms with Gasteiger partial charge in [0.2, 0.25) is 0 Å². The fraction of sp³-hybridized carbons (Fsp3) is 0. The van der Waals surface area contributed by atoms with Crippen LogP contribution in [0.25, 0.3) is 16.6 Å². The van der Waals surface area contributed by atoms with Gasteiger partial charge >= 0.3 is 0 Å². The first-order valence-corrected chi connectivity index (χ1v) is 5.32. The van der Waals surface area contributed by atoms with Gasteiger partial charge in [-0.3, -0.25) is 0 Å². The van der Waals surface area contributed by atoms with Gasteiger partial charge in [0.1, 0.15) is 0 Å². The predicted molar refractivity (Wildman–Crippen MR) is 65.8 cm³/mol. The molecular formula is C14H9N3. The Hall–Kier alpha value is -2.60. The second-order valence-corrected chi connectivity index (χ2v) is 3.79. The van der Waals surface area contributed by atoms with Crippen molar-refractivity contribution in [1.29, 1.82) is 5.26 Å². The van der Waals surface area contributed by atoms with Crippen LogP contribution in [-0.2, 0) is 0 Å². The first kappa shape index (κ1) is 9.61. The lowest BCUT2D eigenvalue weighted by Crippen LogP contribution is -1.93. The summed E-state index contributed by atoms with van der Waals surface area (Å²) in [6.07, 6.45) is 1.98. The molecule has 0 unspecified atom stereocenters. The third-order valence-corrected chi connectivity index (χ3v) is 2.67. The van der Waals surface area contributed by atoms with Gasteiger partial charge in [-0.05, 0) is 30.3 Å². The molecule has 3 nitrogen and oxygen atoms in total. The molecule has 3 rings (SSSR count). The Morgan fingerprint density at radius 2 is 1.76 bits per heavy atom. The largest absolute Gasteiger partial charge is 0.240 e. The summed E-state index contributed by atoms with van der Waals surface area (Å²) >= 11 is 0. The van der Waals surface area contributed by atoms with Crippen LogP contribution < -0.4 is 0 Å². The molecule has 0 radical (unpaired) electrons. The number of hydrogen-bond acceptors (Lipinski definition) is 2. The highest BCUT2D eigenvalue weighted by Crippen LogP contribution is 2.15. The summed E-state index contributed by atoms with van der Waals surface area (Å²) in [4.78, 5) is 0. The molecule has 0 aliphatic rings. The molecule has 1 aromatic heterocycles. The SMILES string of the molecule is N#Cc1ccc(-n2cc3ccccc3n2)cc1. The smallest absolute Gasteiger partial charge is 0.0991 e. The summed E-state index contributed by atoms with van der Waals surface area (Å²) in [5, 5.41) is 14.3. The van der Waals surface area contributed by atoms with Gasteiger partial charge in [0.15, 0.2) is 0 Å². The molecule has 0 fully saturated rings. The van der Waals surface area contributed by atoms with E-state index < -0.39 is 0 Å². The molecule has 3 aromatic rings. The van der Waals surface area contributed by atoms with E-state index in [4.69, 9.17) is 5.26 Å². The van der Waals surface area contributed by atoms with Gasteiger partial charge in [-0.1, -0.05) is 18.2 Å². The molecule has 3 heteroatoms. The minimum atomic E-state index is 0.658. The molecule has 0 spiro atoms. The Balaban J connectivity index is 2.11. The van der Waals surface area contributed by atoms with Crippen LogP contribution >= 0.6 is 0 Å². The molecule has 2 aromatic carbocycles. The first-order chi connectivity index (χ1) is 8.36. The van der Waals surface area contributed by atoms with E-state index in [2.05, 4.69) is 11.2 Å². The minimum Gasteiger partial charge on any atom is -0.240 e. The monoisotopic (exact) mass is 219 g/mol. The van der Waals surface area contributed by atoms with E-state index in [-0.39, 0.29) is 0 Å². The van der Waals surface area contributed by atoms with E-state index in [1.54, 1.807) is 12.1 Å².